The first kappa shape index (κ1) is 96.9. The number of thiazole rings is 2. The maximum atomic E-state index is 13.5. The first-order valence-corrected chi connectivity index (χ1v) is 52.7. The summed E-state index contributed by atoms with van der Waals surface area (Å²) in [5.74, 6) is 2.01. The van der Waals surface area contributed by atoms with Crippen LogP contribution in [0, 0.1) is 5.82 Å². The molecule has 0 radical (unpaired) electrons. The Hall–Kier alpha value is -12.2. The Morgan fingerprint density at radius 3 is 1.68 bits per heavy atom. The number of halogens is 4. The number of aryl methyl sites for hydroxylation is 1. The number of likely N-dealkylation sites (tertiary alicyclic amines) is 1. The molecular weight excluding hydrogens is 1920 g/mol. The molecule has 0 bridgehead atoms. The highest BCUT2D eigenvalue weighted by Crippen LogP contribution is 2.52. The van der Waals surface area contributed by atoms with Crippen LogP contribution in [0.1, 0.15) is 79.5 Å². The number of piperazine rings is 2. The molecule has 12 aromatic rings. The van der Waals surface area contributed by atoms with Gasteiger partial charge in [0.1, 0.15) is 30.0 Å². The van der Waals surface area contributed by atoms with Gasteiger partial charge in [-0.3, -0.25) is 33.3 Å². The number of sulfonamides is 3. The number of hydrogen-bond acceptors (Lipinski definition) is 27. The van der Waals surface area contributed by atoms with Crippen LogP contribution in [0.3, 0.4) is 0 Å². The van der Waals surface area contributed by atoms with Crippen LogP contribution in [-0.4, -0.2) is 213 Å². The lowest BCUT2D eigenvalue weighted by Gasteiger charge is -2.38. The lowest BCUT2D eigenvalue weighted by atomic mass is 9.87. The Morgan fingerprint density at radius 1 is 0.537 bits per heavy atom. The monoisotopic (exact) mass is 2030 g/mol. The first-order chi connectivity index (χ1) is 65.6. The summed E-state index contributed by atoms with van der Waals surface area (Å²) in [6, 6.07) is 52.2. The van der Waals surface area contributed by atoms with Crippen LogP contribution in [0.25, 0.3) is 0 Å². The Bertz CT molecular complexity index is 6700. The highest BCUT2D eigenvalue weighted by molar-refractivity contribution is 7.93. The van der Waals surface area contributed by atoms with E-state index in [0.29, 0.717) is 147 Å². The Morgan fingerprint density at radius 2 is 1.10 bits per heavy atom. The normalized spacial score (nSPS) is 16.4. The second-order valence-electron chi connectivity index (χ2n) is 32.9. The van der Waals surface area contributed by atoms with Crippen LogP contribution in [-0.2, 0) is 83.1 Å². The number of carbonyl (C=O) groups excluding carboxylic acids is 4. The van der Waals surface area contributed by atoms with E-state index in [0.717, 1.165) is 89.6 Å². The zero-order valence-corrected chi connectivity index (χ0v) is 80.4. The van der Waals surface area contributed by atoms with Crippen molar-refractivity contribution in [1.82, 2.24) is 49.9 Å². The van der Waals surface area contributed by atoms with Crippen LogP contribution in [0.4, 0.5) is 43.2 Å². The third-order valence-electron chi connectivity index (χ3n) is 24.2. The summed E-state index contributed by atoms with van der Waals surface area (Å²) in [5.41, 5.74) is 7.90. The molecule has 1 aliphatic carbocycles. The van der Waals surface area contributed by atoms with Crippen LogP contribution in [0.2, 0.25) is 15.1 Å². The number of nitrogens with one attached hydrogen (secondary N) is 4. The molecule has 136 heavy (non-hydrogen) atoms. The summed E-state index contributed by atoms with van der Waals surface area (Å²) in [6.07, 6.45) is 15.5. The number of piperidine rings is 1. The number of carbonyl (C=O) groups is 4. The van der Waals surface area contributed by atoms with Crippen LogP contribution >= 0.6 is 57.5 Å². The van der Waals surface area contributed by atoms with Gasteiger partial charge in [-0.05, 0) is 250 Å². The second kappa shape index (κ2) is 43.4. The van der Waals surface area contributed by atoms with Gasteiger partial charge in [-0.1, -0.05) is 59.1 Å². The largest absolute Gasteiger partial charge is 0.484 e. The Labute approximate surface area is 817 Å². The molecule has 4 saturated heterocycles. The molecule has 720 valence electrons. The van der Waals surface area contributed by atoms with Gasteiger partial charge in [0.25, 0.3) is 36.0 Å². The smallest absolute Gasteiger partial charge is 0.263 e. The highest BCUT2D eigenvalue weighted by atomic mass is 35.5. The van der Waals surface area contributed by atoms with E-state index in [1.165, 1.54) is 114 Å². The molecular formula is C94H105Cl3FN17O15S6. The zero-order valence-electron chi connectivity index (χ0n) is 73.2. The molecule has 42 heteroatoms. The van der Waals surface area contributed by atoms with E-state index < -0.39 is 45.3 Å². The number of amides is 4. The topological polar surface area (TPSA) is 381 Å². The van der Waals surface area contributed by atoms with Crippen molar-refractivity contribution < 1.29 is 78.6 Å². The Balaban J connectivity index is 0.000000178. The van der Waals surface area contributed by atoms with Gasteiger partial charge in [0.15, 0.2) is 38.2 Å². The summed E-state index contributed by atoms with van der Waals surface area (Å²) < 4.78 is 137. The van der Waals surface area contributed by atoms with Crippen molar-refractivity contribution in [3.05, 3.63) is 285 Å². The van der Waals surface area contributed by atoms with E-state index in [4.69, 9.17) is 49.0 Å². The number of nitrogens with zero attached hydrogens (tertiary/aromatic N) is 13. The van der Waals surface area contributed by atoms with E-state index in [1.807, 2.05) is 76.5 Å². The zero-order chi connectivity index (χ0) is 95.1. The molecule has 5 fully saturated rings. The van der Waals surface area contributed by atoms with Crippen molar-refractivity contribution in [2.45, 2.75) is 94.1 Å². The fraction of sp³-hybridized carbons (Fsp3) is 0.298. The van der Waals surface area contributed by atoms with Gasteiger partial charge in [-0.25, -0.2) is 68.0 Å². The number of aromatic nitrogens is 6. The molecule has 6 aliphatic heterocycles. The van der Waals surface area contributed by atoms with E-state index in [1.54, 1.807) is 93.5 Å². The summed E-state index contributed by atoms with van der Waals surface area (Å²) in [6.45, 7) is 8.79. The summed E-state index contributed by atoms with van der Waals surface area (Å²) in [5, 5.41) is 9.26. The fourth-order valence-corrected chi connectivity index (χ4v) is 23.3. The predicted molar refractivity (Wildman–Crippen MR) is 530 cm³/mol. The fourth-order valence-electron chi connectivity index (χ4n) is 16.7. The molecule has 19 rings (SSSR count). The van der Waals surface area contributed by atoms with Crippen LogP contribution in [0.15, 0.2) is 256 Å². The molecule has 10 heterocycles. The van der Waals surface area contributed by atoms with Crippen LogP contribution in [0.5, 0.6) is 17.2 Å². The summed E-state index contributed by atoms with van der Waals surface area (Å²) >= 11 is 20.7. The van der Waals surface area contributed by atoms with Crippen molar-refractivity contribution in [2.24, 2.45) is 0 Å². The summed E-state index contributed by atoms with van der Waals surface area (Å²) in [7, 11) is -14.6. The van der Waals surface area contributed by atoms with E-state index in [2.05, 4.69) is 64.1 Å². The lowest BCUT2D eigenvalue weighted by Crippen LogP contribution is -2.51. The molecule has 1 atom stereocenters. The molecule has 7 aliphatic rings. The number of rotatable bonds is 27. The van der Waals surface area contributed by atoms with Crippen molar-refractivity contribution in [2.75, 3.05) is 139 Å². The van der Waals surface area contributed by atoms with Gasteiger partial charge in [-0.15, -0.1) is 22.7 Å². The van der Waals surface area contributed by atoms with Crippen LogP contribution < -0.4 is 53.3 Å². The predicted octanol–water partition coefficient (Wildman–Crippen LogP) is 14.9. The standard InChI is InChI=1S/C27H27N3O5S.C24H26ClN5O3S2.C22H22FN5O4S.C21H20Cl2N4O3S2.5H2/c31-26(27(10-11-27)21-3-6-24-25(15-21)35-18-34-24)30-13-8-20(9-14-30)19-1-4-23(5-2-19)36(32,33)16-22-7-12-28-17-29-22;25-19-3-8-22-18(16-19)2-1-10-30(22)17-23(31)29-13-11-28(12-14-29)20-4-6-21(7-5-20)35(32,33)27-24-26-9-15-34-24;23-17-1-5-19(6-2-17)32-15-22(29)28-13-11-27(12-14-28)18-3-7-20(8-4-18)33(30,31)26-21-9-10-24-16-25-21;22-15-2-1-14(18(23)13-15)7-9-24-19-8-11-27(20(19)28)16-3-5-17(6-4-16)32(29,30)26-21-25-10-12-31-21;;;;;/h1-7,12,15,17,20H,8-11,13-14,16,18H2;3-9,15-16H,1-2,10-14,17H2,(H,26,27);1-10,16H,11-15H2,(H,24,25,26);1-6,10,12-13,19,24H,7-9,11H2,(H,25,26);5*1H/t;;;19-;;;;;/m...0...../s1. The molecule has 1 saturated carbocycles. The molecule has 4 amide bonds. The minimum Gasteiger partial charge on any atom is -0.484 e. The average molecular weight is 2030 g/mol. The quantitative estimate of drug-likeness (QED) is 0.0371. The molecule has 4 N–H and O–H groups in total. The van der Waals surface area contributed by atoms with Gasteiger partial charge >= 0.3 is 0 Å². The SMILES string of the molecule is O=C(CN1CCCc2cc(Cl)ccc21)N1CCN(c2ccc(S(=O)(=O)Nc3nccs3)cc2)CC1.O=C(COc1ccc(F)cc1)N1CCN(c2ccc(S(=O)(=O)Nc3ccncn3)cc2)CC1.O=C(N1CCC(c2ccc(S(=O)(=O)Cc3ccncn3)cc2)CC1)C1(c2ccc3c(c2)OCO3)CC1.O=C1[C@@H](NCCc2ccc(Cl)cc2Cl)CCN1c1ccc(S(=O)(=O)Nc2nccs2)cc1.[HH].[HH].[HH].[HH].[HH]. The minimum absolute atomic E-state index is 0. The third-order valence-corrected chi connectivity index (χ3v) is 32.4. The van der Waals surface area contributed by atoms with E-state index >= 15 is 0 Å². The van der Waals surface area contributed by atoms with Gasteiger partial charge in [0.2, 0.25) is 24.5 Å². The molecule has 8 aromatic carbocycles. The average Bonchev–Trinajstić information content (AvgIpc) is 1.58. The van der Waals surface area contributed by atoms with Gasteiger partial charge in [0, 0.05) is 159 Å². The molecule has 0 spiro atoms. The van der Waals surface area contributed by atoms with E-state index in [-0.39, 0.29) is 87.2 Å². The summed E-state index contributed by atoms with van der Waals surface area (Å²) in [4.78, 5) is 89.6. The van der Waals surface area contributed by atoms with Crippen molar-refractivity contribution in [3.63, 3.8) is 0 Å². The van der Waals surface area contributed by atoms with Gasteiger partial charge in [0.05, 0.1) is 49.0 Å². The molecule has 4 aromatic heterocycles. The first-order valence-electron chi connectivity index (χ1n) is 43.7. The van der Waals surface area contributed by atoms with Gasteiger partial charge in [-0.2, -0.15) is 0 Å². The highest BCUT2D eigenvalue weighted by Gasteiger charge is 2.54. The minimum atomic E-state index is -3.76. The second-order valence-corrected chi connectivity index (χ2v) is 43.0. The number of benzene rings is 8. The van der Waals surface area contributed by atoms with Crippen molar-refractivity contribution in [3.8, 4) is 17.2 Å². The maximum Gasteiger partial charge on any atom is 0.263 e. The molecule has 0 unspecified atom stereocenters. The lowest BCUT2D eigenvalue weighted by molar-refractivity contribution is -0.135. The van der Waals surface area contributed by atoms with E-state index in [9.17, 15) is 57.2 Å². The number of fused-ring (bicyclic) bond motifs is 2. The molecule has 32 nitrogen and oxygen atoms in total. The number of anilines is 7. The third kappa shape index (κ3) is 24.4. The number of ether oxygens (including phenoxy) is 3. The number of hydrogen-bond donors (Lipinski definition) is 4. The van der Waals surface area contributed by atoms with Crippen molar-refractivity contribution in [1.29, 1.82) is 0 Å². The van der Waals surface area contributed by atoms with Crippen molar-refractivity contribution >= 4 is 160 Å². The Kier molecular flexibility index (Phi) is 31.0. The van der Waals surface area contributed by atoms with Gasteiger partial charge < -0.3 is 53.8 Å². The maximum absolute atomic E-state index is 13.5. The number of sulfone groups is 1.